The van der Waals surface area contributed by atoms with Crippen molar-refractivity contribution in [1.82, 2.24) is 4.31 Å². The van der Waals surface area contributed by atoms with Crippen molar-refractivity contribution in [2.45, 2.75) is 11.4 Å². The van der Waals surface area contributed by atoms with Crippen molar-refractivity contribution in [2.75, 3.05) is 38.3 Å². The molecule has 0 spiro atoms. The summed E-state index contributed by atoms with van der Waals surface area (Å²) in [5.74, 6) is 0. The Morgan fingerprint density at radius 3 is 2.54 bits per heavy atom. The molecule has 5 nitrogen and oxygen atoms in total. The normalized spacial score (nSPS) is 15.5. The molecule has 3 rings (SSSR count). The van der Waals surface area contributed by atoms with Crippen LogP contribution in [0.4, 0.5) is 5.69 Å². The lowest BCUT2D eigenvalue weighted by atomic mass is 10.1. The Kier molecular flexibility index (Phi) is 6.10. The number of anilines is 1. The van der Waals surface area contributed by atoms with Crippen LogP contribution in [0.15, 0.2) is 47.4 Å². The van der Waals surface area contributed by atoms with E-state index in [-0.39, 0.29) is 16.5 Å². The van der Waals surface area contributed by atoms with Gasteiger partial charge >= 0.3 is 0 Å². The van der Waals surface area contributed by atoms with E-state index in [4.69, 9.17) is 27.9 Å². The molecular weight excluding hydrogens is 395 g/mol. The van der Waals surface area contributed by atoms with Gasteiger partial charge in [0.1, 0.15) is 4.90 Å². The van der Waals surface area contributed by atoms with Gasteiger partial charge in [-0.15, -0.1) is 0 Å². The number of rotatable bonds is 5. The van der Waals surface area contributed by atoms with Crippen molar-refractivity contribution in [2.24, 2.45) is 0 Å². The lowest BCUT2D eigenvalue weighted by Gasteiger charge is -2.31. The van der Waals surface area contributed by atoms with Crippen molar-refractivity contribution < 1.29 is 13.2 Å². The van der Waals surface area contributed by atoms with Crippen LogP contribution in [0.3, 0.4) is 0 Å². The lowest BCUT2D eigenvalue weighted by Crippen LogP contribution is -2.37. The van der Waals surface area contributed by atoms with Gasteiger partial charge in [0.2, 0.25) is 10.0 Å². The van der Waals surface area contributed by atoms with Gasteiger partial charge < -0.3 is 9.64 Å². The molecule has 2 aromatic rings. The number of hydrogen-bond donors (Lipinski definition) is 0. The number of para-hydroxylation sites is 1. The van der Waals surface area contributed by atoms with Crippen LogP contribution in [0.5, 0.6) is 0 Å². The van der Waals surface area contributed by atoms with Crippen molar-refractivity contribution >= 4 is 38.9 Å². The first kappa shape index (κ1) is 19.5. The third-order valence-electron chi connectivity index (χ3n) is 4.32. The van der Waals surface area contributed by atoms with Crippen LogP contribution in [0.25, 0.3) is 0 Å². The molecule has 0 radical (unpaired) electrons. The maximum absolute atomic E-state index is 12.9. The second kappa shape index (κ2) is 8.15. The maximum atomic E-state index is 12.9. The molecule has 0 atom stereocenters. The summed E-state index contributed by atoms with van der Waals surface area (Å²) in [6.45, 7) is 3.14. The fraction of sp³-hybridized carbons (Fsp3) is 0.333. The number of benzene rings is 2. The molecule has 0 N–H and O–H groups in total. The fourth-order valence-corrected chi connectivity index (χ4v) is 4.81. The zero-order valence-electron chi connectivity index (χ0n) is 14.4. The predicted molar refractivity (Wildman–Crippen MR) is 105 cm³/mol. The van der Waals surface area contributed by atoms with Crippen molar-refractivity contribution in [3.05, 3.63) is 58.1 Å². The van der Waals surface area contributed by atoms with E-state index in [9.17, 15) is 8.42 Å². The van der Waals surface area contributed by atoms with E-state index in [1.807, 2.05) is 24.3 Å². The molecule has 1 saturated heterocycles. The van der Waals surface area contributed by atoms with Gasteiger partial charge in [-0.3, -0.25) is 0 Å². The van der Waals surface area contributed by atoms with Gasteiger partial charge in [0, 0.05) is 37.4 Å². The van der Waals surface area contributed by atoms with Gasteiger partial charge in [-0.2, -0.15) is 4.31 Å². The van der Waals surface area contributed by atoms with Gasteiger partial charge in [-0.1, -0.05) is 41.4 Å². The number of ether oxygens (including phenoxy) is 1. The van der Waals surface area contributed by atoms with Crippen molar-refractivity contribution in [3.8, 4) is 0 Å². The zero-order chi connectivity index (χ0) is 18.7. The Morgan fingerprint density at radius 2 is 1.81 bits per heavy atom. The number of hydrogen-bond acceptors (Lipinski definition) is 4. The van der Waals surface area contributed by atoms with Crippen LogP contribution in [0, 0.1) is 0 Å². The highest BCUT2D eigenvalue weighted by atomic mass is 35.5. The summed E-state index contributed by atoms with van der Waals surface area (Å²) in [6, 6.07) is 12.2. The number of sulfonamides is 1. The highest BCUT2D eigenvalue weighted by Gasteiger charge is 2.25. The Hall–Kier alpha value is -1.31. The first-order chi connectivity index (χ1) is 12.4. The summed E-state index contributed by atoms with van der Waals surface area (Å²) < 4.78 is 32.6. The van der Waals surface area contributed by atoms with Crippen LogP contribution >= 0.6 is 23.2 Å². The second-order valence-electron chi connectivity index (χ2n) is 6.06. The van der Waals surface area contributed by atoms with E-state index in [0.29, 0.717) is 18.2 Å². The summed E-state index contributed by atoms with van der Waals surface area (Å²) in [4.78, 5) is 2.23. The summed E-state index contributed by atoms with van der Waals surface area (Å²) in [6.07, 6.45) is 0. The van der Waals surface area contributed by atoms with E-state index in [1.54, 1.807) is 13.1 Å². The molecule has 0 unspecified atom stereocenters. The maximum Gasteiger partial charge on any atom is 0.244 e. The topological polar surface area (TPSA) is 49.9 Å². The van der Waals surface area contributed by atoms with Crippen LogP contribution in [0.1, 0.15) is 5.56 Å². The van der Waals surface area contributed by atoms with Gasteiger partial charge in [-0.25, -0.2) is 8.42 Å². The minimum Gasteiger partial charge on any atom is -0.378 e. The largest absolute Gasteiger partial charge is 0.378 e. The molecule has 0 aliphatic carbocycles. The Balaban J connectivity index is 1.88. The third kappa shape index (κ3) is 4.15. The van der Waals surface area contributed by atoms with E-state index >= 15 is 0 Å². The minimum absolute atomic E-state index is 0.0121. The average molecular weight is 415 g/mol. The highest BCUT2D eigenvalue weighted by molar-refractivity contribution is 7.89. The SMILES string of the molecule is CN(Cc1ccccc1N1CCOCC1)S(=O)(=O)c1cc(Cl)ccc1Cl. The van der Waals surface area contributed by atoms with Crippen LogP contribution in [-0.4, -0.2) is 46.1 Å². The summed E-state index contributed by atoms with van der Waals surface area (Å²) in [5, 5.41) is 0.484. The number of morpholine rings is 1. The molecule has 0 saturated carbocycles. The molecule has 0 amide bonds. The van der Waals surface area contributed by atoms with Gasteiger partial charge in [0.05, 0.1) is 18.2 Å². The van der Waals surface area contributed by atoms with Gasteiger partial charge in [0.15, 0.2) is 0 Å². The van der Waals surface area contributed by atoms with E-state index < -0.39 is 10.0 Å². The molecule has 2 aromatic carbocycles. The summed E-state index contributed by atoms with van der Waals surface area (Å²) >= 11 is 12.0. The number of halogens is 2. The molecular formula is C18H20Cl2N2O3S. The third-order valence-corrected chi connectivity index (χ3v) is 6.84. The summed E-state index contributed by atoms with van der Waals surface area (Å²) in [7, 11) is -2.22. The molecule has 0 bridgehead atoms. The second-order valence-corrected chi connectivity index (χ2v) is 8.92. The van der Waals surface area contributed by atoms with Crippen molar-refractivity contribution in [3.63, 3.8) is 0 Å². The van der Waals surface area contributed by atoms with Gasteiger partial charge in [-0.05, 0) is 29.8 Å². The Labute approximate surface area is 164 Å². The molecule has 1 fully saturated rings. The smallest absolute Gasteiger partial charge is 0.244 e. The van der Waals surface area contributed by atoms with E-state index in [1.165, 1.54) is 16.4 Å². The van der Waals surface area contributed by atoms with Crippen LogP contribution in [-0.2, 0) is 21.3 Å². The number of nitrogens with zero attached hydrogens (tertiary/aromatic N) is 2. The molecule has 26 heavy (non-hydrogen) atoms. The standard InChI is InChI=1S/C18H20Cl2N2O3S/c1-21(26(23,24)18-12-15(19)6-7-16(18)20)13-14-4-2-3-5-17(14)22-8-10-25-11-9-22/h2-7,12H,8-11,13H2,1H3. The fourth-order valence-electron chi connectivity index (χ4n) is 2.92. The monoisotopic (exact) mass is 414 g/mol. The minimum atomic E-state index is -3.76. The first-order valence-corrected chi connectivity index (χ1v) is 10.4. The van der Waals surface area contributed by atoms with Crippen LogP contribution in [0.2, 0.25) is 10.0 Å². The van der Waals surface area contributed by atoms with E-state index in [0.717, 1.165) is 24.3 Å². The lowest BCUT2D eigenvalue weighted by molar-refractivity contribution is 0.122. The Morgan fingerprint density at radius 1 is 1.12 bits per heavy atom. The molecule has 1 aliphatic heterocycles. The highest BCUT2D eigenvalue weighted by Crippen LogP contribution is 2.29. The van der Waals surface area contributed by atoms with E-state index in [2.05, 4.69) is 4.90 Å². The van der Waals surface area contributed by atoms with Gasteiger partial charge in [0.25, 0.3) is 0 Å². The molecule has 1 aliphatic rings. The average Bonchev–Trinajstić information content (AvgIpc) is 2.64. The quantitative estimate of drug-likeness (QED) is 0.748. The Bertz CT molecular complexity index is 884. The van der Waals surface area contributed by atoms with Crippen LogP contribution < -0.4 is 4.90 Å². The zero-order valence-corrected chi connectivity index (χ0v) is 16.7. The predicted octanol–water partition coefficient (Wildman–Crippen LogP) is 3.65. The summed E-state index contributed by atoms with van der Waals surface area (Å²) in [5.41, 5.74) is 1.95. The first-order valence-electron chi connectivity index (χ1n) is 8.21. The molecule has 140 valence electrons. The van der Waals surface area contributed by atoms with Crippen molar-refractivity contribution in [1.29, 1.82) is 0 Å². The molecule has 0 aromatic heterocycles. The molecule has 8 heteroatoms. The molecule has 1 heterocycles.